The molecule has 2 aromatic rings. The first-order valence-electron chi connectivity index (χ1n) is 3.05. The maximum Gasteiger partial charge on any atom is 0.258 e. The van der Waals surface area contributed by atoms with Gasteiger partial charge in [-0.05, 0) is 39.6 Å². The molecule has 56 valence electrons. The van der Waals surface area contributed by atoms with Crippen LogP contribution in [0.25, 0.3) is 10.9 Å². The third kappa shape index (κ3) is 1.02. The number of nitrogens with one attached hydrogen (secondary N) is 1. The van der Waals surface area contributed by atoms with Crippen LogP contribution in [0.3, 0.4) is 0 Å². The van der Waals surface area contributed by atoms with Crippen LogP contribution in [0.15, 0.2) is 27.5 Å². The topological polar surface area (TPSA) is 32.9 Å². The molecule has 0 aliphatic carbocycles. The van der Waals surface area contributed by atoms with Crippen molar-refractivity contribution in [3.63, 3.8) is 0 Å². The lowest BCUT2D eigenvalue weighted by molar-refractivity contribution is 1.65. The fourth-order valence-electron chi connectivity index (χ4n) is 0.969. The highest BCUT2D eigenvalue weighted by Crippen LogP contribution is 2.19. The van der Waals surface area contributed by atoms with Crippen molar-refractivity contribution in [3.8, 4) is 0 Å². The molecule has 0 atom stereocenters. The van der Waals surface area contributed by atoms with E-state index in [4.69, 9.17) is 0 Å². The van der Waals surface area contributed by atoms with Crippen molar-refractivity contribution in [1.82, 2.24) is 4.37 Å². The molecule has 2 rings (SSSR count). The summed E-state index contributed by atoms with van der Waals surface area (Å²) in [6, 6.07) is 5.65. The highest BCUT2D eigenvalue weighted by Gasteiger charge is 2.02. The van der Waals surface area contributed by atoms with Crippen molar-refractivity contribution in [3.05, 3.63) is 32.2 Å². The number of halogens is 1. The van der Waals surface area contributed by atoms with Crippen LogP contribution >= 0.6 is 27.5 Å². The quantitative estimate of drug-likeness (QED) is 0.740. The molecular weight excluding hydrogens is 226 g/mol. The lowest BCUT2D eigenvalue weighted by Crippen LogP contribution is -1.87. The summed E-state index contributed by atoms with van der Waals surface area (Å²) in [6.45, 7) is 0. The molecule has 1 aromatic heterocycles. The molecular formula is C7H4BrNOS. The predicted molar refractivity (Wildman–Crippen MR) is 50.1 cm³/mol. The van der Waals surface area contributed by atoms with Crippen LogP contribution in [0.1, 0.15) is 0 Å². The number of hydrogen-bond acceptors (Lipinski definition) is 2. The number of hydrogen-bond donors (Lipinski definition) is 1. The van der Waals surface area contributed by atoms with Gasteiger partial charge in [-0.15, -0.1) is 0 Å². The van der Waals surface area contributed by atoms with Gasteiger partial charge < -0.3 is 4.37 Å². The Balaban J connectivity index is 3.08. The molecule has 1 heterocycles. The fourth-order valence-corrected chi connectivity index (χ4v) is 2.34. The van der Waals surface area contributed by atoms with Crippen molar-refractivity contribution < 1.29 is 0 Å². The van der Waals surface area contributed by atoms with Gasteiger partial charge in [0.2, 0.25) is 0 Å². The summed E-state index contributed by atoms with van der Waals surface area (Å²) in [5, 5.41) is 0.748. The summed E-state index contributed by atoms with van der Waals surface area (Å²) in [5.74, 6) is 0. The highest BCUT2D eigenvalue weighted by molar-refractivity contribution is 9.10. The second kappa shape index (κ2) is 2.46. The van der Waals surface area contributed by atoms with E-state index in [0.717, 1.165) is 26.9 Å². The molecule has 0 radical (unpaired) electrons. The largest absolute Gasteiger partial charge is 0.307 e. The molecule has 1 aromatic carbocycles. The van der Waals surface area contributed by atoms with Crippen LogP contribution in [0.4, 0.5) is 0 Å². The van der Waals surface area contributed by atoms with E-state index in [-0.39, 0.29) is 4.74 Å². The zero-order chi connectivity index (χ0) is 7.84. The van der Waals surface area contributed by atoms with Crippen LogP contribution in [0.5, 0.6) is 0 Å². The molecule has 0 unspecified atom stereocenters. The minimum Gasteiger partial charge on any atom is -0.307 e. The number of H-pyrrole nitrogens is 1. The smallest absolute Gasteiger partial charge is 0.258 e. The summed E-state index contributed by atoms with van der Waals surface area (Å²) < 4.78 is 3.86. The Morgan fingerprint density at radius 1 is 1.45 bits per heavy atom. The number of rotatable bonds is 0. The Bertz CT molecular complexity index is 445. The van der Waals surface area contributed by atoms with Crippen LogP contribution in [0.2, 0.25) is 0 Å². The average molecular weight is 230 g/mol. The molecule has 2 nitrogen and oxygen atoms in total. The van der Waals surface area contributed by atoms with E-state index in [1.165, 1.54) is 0 Å². The molecule has 4 heteroatoms. The van der Waals surface area contributed by atoms with E-state index in [0.29, 0.717) is 0 Å². The molecule has 1 N–H and O–H groups in total. The summed E-state index contributed by atoms with van der Waals surface area (Å²) in [4.78, 5) is 11.2. The van der Waals surface area contributed by atoms with Gasteiger partial charge in [-0.3, -0.25) is 4.79 Å². The van der Waals surface area contributed by atoms with Gasteiger partial charge in [0.1, 0.15) is 0 Å². The van der Waals surface area contributed by atoms with Crippen LogP contribution in [-0.4, -0.2) is 4.37 Å². The van der Waals surface area contributed by atoms with Crippen molar-refractivity contribution in [2.75, 3.05) is 0 Å². The Labute approximate surface area is 75.1 Å². The predicted octanol–water partition coefficient (Wildman–Crippen LogP) is 2.35. The van der Waals surface area contributed by atoms with E-state index in [2.05, 4.69) is 20.3 Å². The van der Waals surface area contributed by atoms with Gasteiger partial charge in [0, 0.05) is 4.47 Å². The Morgan fingerprint density at radius 3 is 3.00 bits per heavy atom. The fraction of sp³-hybridized carbons (Fsp3) is 0. The lowest BCUT2D eigenvalue weighted by atomic mass is 10.3. The van der Waals surface area contributed by atoms with Crippen LogP contribution < -0.4 is 4.74 Å². The van der Waals surface area contributed by atoms with E-state index in [9.17, 15) is 4.79 Å². The van der Waals surface area contributed by atoms with E-state index in [1.54, 1.807) is 0 Å². The molecule has 0 saturated carbocycles. The van der Waals surface area contributed by atoms with E-state index < -0.39 is 0 Å². The summed E-state index contributed by atoms with van der Waals surface area (Å²) in [6.07, 6.45) is 0. The molecule has 0 saturated heterocycles. The molecule has 0 aliphatic rings. The Morgan fingerprint density at radius 2 is 2.27 bits per heavy atom. The molecule has 0 fully saturated rings. The second-order valence-electron chi connectivity index (χ2n) is 2.15. The highest BCUT2D eigenvalue weighted by atomic mass is 79.9. The Hall–Kier alpha value is -0.610. The minimum atomic E-state index is 0.0764. The number of aromatic nitrogens is 1. The third-order valence-corrected chi connectivity index (χ3v) is 2.84. The zero-order valence-electron chi connectivity index (χ0n) is 5.43. The first kappa shape index (κ1) is 7.06. The second-order valence-corrected chi connectivity index (χ2v) is 3.79. The van der Waals surface area contributed by atoms with Crippen molar-refractivity contribution in [2.45, 2.75) is 0 Å². The lowest BCUT2D eigenvalue weighted by Gasteiger charge is -1.88. The van der Waals surface area contributed by atoms with E-state index >= 15 is 0 Å². The summed E-state index contributed by atoms with van der Waals surface area (Å²) in [5.41, 5.74) is 0.898. The van der Waals surface area contributed by atoms with Gasteiger partial charge in [0.15, 0.2) is 0 Å². The van der Waals surface area contributed by atoms with Crippen molar-refractivity contribution in [1.29, 1.82) is 0 Å². The number of aromatic amines is 1. The Kier molecular flexibility index (Phi) is 1.58. The first-order chi connectivity index (χ1) is 5.29. The van der Waals surface area contributed by atoms with Crippen molar-refractivity contribution in [2.24, 2.45) is 0 Å². The monoisotopic (exact) mass is 229 g/mol. The van der Waals surface area contributed by atoms with Gasteiger partial charge in [-0.25, -0.2) is 0 Å². The third-order valence-electron chi connectivity index (χ3n) is 1.47. The maximum absolute atomic E-state index is 11.2. The average Bonchev–Trinajstić information content (AvgIpc) is 2.34. The van der Waals surface area contributed by atoms with Crippen LogP contribution in [0, 0.1) is 0 Å². The van der Waals surface area contributed by atoms with Gasteiger partial charge in [-0.1, -0.05) is 6.07 Å². The normalized spacial score (nSPS) is 10.6. The molecule has 0 bridgehead atoms. The van der Waals surface area contributed by atoms with Gasteiger partial charge in [0.05, 0.1) is 10.9 Å². The SMILES string of the molecule is O=c1s[nH]c2cccc(Br)c12. The van der Waals surface area contributed by atoms with Gasteiger partial charge in [-0.2, -0.15) is 0 Å². The van der Waals surface area contributed by atoms with Gasteiger partial charge >= 0.3 is 0 Å². The van der Waals surface area contributed by atoms with Crippen molar-refractivity contribution >= 4 is 38.4 Å². The van der Waals surface area contributed by atoms with Crippen LogP contribution in [-0.2, 0) is 0 Å². The zero-order valence-corrected chi connectivity index (χ0v) is 7.83. The van der Waals surface area contributed by atoms with E-state index in [1.807, 2.05) is 18.2 Å². The maximum atomic E-state index is 11.2. The van der Waals surface area contributed by atoms with Gasteiger partial charge in [0.25, 0.3) is 4.74 Å². The number of benzene rings is 1. The molecule has 11 heavy (non-hydrogen) atoms. The first-order valence-corrected chi connectivity index (χ1v) is 4.65. The standard InChI is InChI=1S/C7H4BrNOS/c8-4-2-1-3-5-6(4)7(10)11-9-5/h1-3,9H. The number of fused-ring (bicyclic) bond motifs is 1. The molecule has 0 spiro atoms. The molecule has 0 aliphatic heterocycles. The summed E-state index contributed by atoms with van der Waals surface area (Å²) in [7, 11) is 0. The molecule has 0 amide bonds. The minimum absolute atomic E-state index is 0.0764. The summed E-state index contributed by atoms with van der Waals surface area (Å²) >= 11 is 4.43.